The standard InChI is InChI=1S/C12H15NO/c1-2-11-7-8-12(14)13(11)9-3-4-10-5-6-10/h1,3-4,10-11H,5-9H2/b4-3+/t11-/m1/s1. The average molecular weight is 189 g/mol. The quantitative estimate of drug-likeness (QED) is 0.487. The van der Waals surface area contributed by atoms with Crippen molar-refractivity contribution in [2.45, 2.75) is 31.7 Å². The molecule has 2 fully saturated rings. The second-order valence-corrected chi connectivity index (χ2v) is 4.03. The summed E-state index contributed by atoms with van der Waals surface area (Å²) in [7, 11) is 0. The molecule has 1 amide bonds. The lowest BCUT2D eigenvalue weighted by Gasteiger charge is -2.18. The molecular formula is C12H15NO. The monoisotopic (exact) mass is 189 g/mol. The molecule has 0 aromatic rings. The Labute approximate surface area is 85.0 Å². The number of allylic oxidation sites excluding steroid dienone is 1. The van der Waals surface area contributed by atoms with Crippen LogP contribution < -0.4 is 0 Å². The fourth-order valence-corrected chi connectivity index (χ4v) is 1.79. The summed E-state index contributed by atoms with van der Waals surface area (Å²) < 4.78 is 0. The van der Waals surface area contributed by atoms with E-state index in [0.29, 0.717) is 13.0 Å². The summed E-state index contributed by atoms with van der Waals surface area (Å²) in [6, 6.07) is 0.0337. The number of likely N-dealkylation sites (tertiary alicyclic amines) is 1. The highest BCUT2D eigenvalue weighted by molar-refractivity contribution is 5.79. The van der Waals surface area contributed by atoms with Gasteiger partial charge >= 0.3 is 0 Å². The molecule has 1 saturated carbocycles. The fraction of sp³-hybridized carbons (Fsp3) is 0.583. The number of carbonyl (C=O) groups excluding carboxylic acids is 1. The zero-order valence-electron chi connectivity index (χ0n) is 8.28. The molecule has 0 aromatic heterocycles. The summed E-state index contributed by atoms with van der Waals surface area (Å²) in [5.41, 5.74) is 0. The number of nitrogens with zero attached hydrogens (tertiary/aromatic N) is 1. The van der Waals surface area contributed by atoms with Crippen LogP contribution in [0.15, 0.2) is 12.2 Å². The van der Waals surface area contributed by atoms with Crippen LogP contribution in [0.4, 0.5) is 0 Å². The number of rotatable bonds is 3. The Kier molecular flexibility index (Phi) is 2.58. The molecule has 1 atom stereocenters. The first-order valence-corrected chi connectivity index (χ1v) is 5.23. The van der Waals surface area contributed by atoms with Crippen molar-refractivity contribution in [3.63, 3.8) is 0 Å². The van der Waals surface area contributed by atoms with Gasteiger partial charge in [0.1, 0.15) is 0 Å². The summed E-state index contributed by atoms with van der Waals surface area (Å²) in [5.74, 6) is 3.65. The van der Waals surface area contributed by atoms with Crippen molar-refractivity contribution in [1.82, 2.24) is 4.90 Å². The van der Waals surface area contributed by atoms with Gasteiger partial charge in [0.15, 0.2) is 0 Å². The summed E-state index contributed by atoms with van der Waals surface area (Å²) in [5, 5.41) is 0. The van der Waals surface area contributed by atoms with E-state index >= 15 is 0 Å². The van der Waals surface area contributed by atoms with Crippen LogP contribution in [0.3, 0.4) is 0 Å². The zero-order valence-corrected chi connectivity index (χ0v) is 8.28. The number of carbonyl (C=O) groups is 1. The molecule has 74 valence electrons. The zero-order chi connectivity index (χ0) is 9.97. The van der Waals surface area contributed by atoms with E-state index in [1.807, 2.05) is 0 Å². The van der Waals surface area contributed by atoms with Gasteiger partial charge in [-0.15, -0.1) is 6.42 Å². The van der Waals surface area contributed by atoms with Crippen LogP contribution in [0.2, 0.25) is 0 Å². The Morgan fingerprint density at radius 1 is 1.50 bits per heavy atom. The van der Waals surface area contributed by atoms with Crippen LogP contribution in [-0.2, 0) is 4.79 Å². The van der Waals surface area contributed by atoms with E-state index in [-0.39, 0.29) is 11.9 Å². The smallest absolute Gasteiger partial charge is 0.223 e. The first-order chi connectivity index (χ1) is 6.81. The molecule has 0 N–H and O–H groups in total. The van der Waals surface area contributed by atoms with Crippen molar-refractivity contribution >= 4 is 5.91 Å². The molecular weight excluding hydrogens is 174 g/mol. The normalized spacial score (nSPS) is 27.2. The minimum Gasteiger partial charge on any atom is -0.325 e. The first-order valence-electron chi connectivity index (χ1n) is 5.23. The second kappa shape index (κ2) is 3.88. The predicted molar refractivity (Wildman–Crippen MR) is 55.4 cm³/mol. The molecule has 1 aliphatic heterocycles. The van der Waals surface area contributed by atoms with Gasteiger partial charge < -0.3 is 4.90 Å². The van der Waals surface area contributed by atoms with Crippen molar-refractivity contribution < 1.29 is 4.79 Å². The summed E-state index contributed by atoms with van der Waals surface area (Å²) in [4.78, 5) is 13.2. The Balaban J connectivity index is 1.87. The van der Waals surface area contributed by atoms with E-state index in [2.05, 4.69) is 18.1 Å². The van der Waals surface area contributed by atoms with Crippen LogP contribution in [0.25, 0.3) is 0 Å². The molecule has 0 spiro atoms. The van der Waals surface area contributed by atoms with Gasteiger partial charge in [-0.05, 0) is 25.2 Å². The Morgan fingerprint density at radius 2 is 2.29 bits per heavy atom. The van der Waals surface area contributed by atoms with Crippen molar-refractivity contribution in [2.24, 2.45) is 5.92 Å². The number of terminal acetylenes is 1. The van der Waals surface area contributed by atoms with Crippen LogP contribution in [0, 0.1) is 18.3 Å². The number of hydrogen-bond acceptors (Lipinski definition) is 1. The molecule has 2 aliphatic rings. The highest BCUT2D eigenvalue weighted by Gasteiger charge is 2.28. The second-order valence-electron chi connectivity index (χ2n) is 4.03. The lowest BCUT2D eigenvalue weighted by atomic mass is 10.2. The fourth-order valence-electron chi connectivity index (χ4n) is 1.79. The van der Waals surface area contributed by atoms with Crippen LogP contribution >= 0.6 is 0 Å². The average Bonchev–Trinajstić information content (AvgIpc) is 2.93. The van der Waals surface area contributed by atoms with Crippen molar-refractivity contribution in [2.75, 3.05) is 6.54 Å². The predicted octanol–water partition coefficient (Wildman–Crippen LogP) is 1.58. The highest BCUT2D eigenvalue weighted by atomic mass is 16.2. The summed E-state index contributed by atoms with van der Waals surface area (Å²) >= 11 is 0. The van der Waals surface area contributed by atoms with Gasteiger partial charge in [-0.2, -0.15) is 0 Å². The molecule has 0 aromatic carbocycles. The molecule has 1 aliphatic carbocycles. The van der Waals surface area contributed by atoms with Crippen LogP contribution in [0.5, 0.6) is 0 Å². The Morgan fingerprint density at radius 3 is 2.93 bits per heavy atom. The summed E-state index contributed by atoms with van der Waals surface area (Å²) in [6.45, 7) is 0.699. The van der Waals surface area contributed by atoms with Gasteiger partial charge in [-0.25, -0.2) is 0 Å². The maximum atomic E-state index is 11.4. The van der Waals surface area contributed by atoms with Gasteiger partial charge in [-0.1, -0.05) is 18.1 Å². The van der Waals surface area contributed by atoms with Crippen molar-refractivity contribution in [3.8, 4) is 12.3 Å². The largest absolute Gasteiger partial charge is 0.325 e. The van der Waals surface area contributed by atoms with Gasteiger partial charge in [0, 0.05) is 13.0 Å². The molecule has 0 bridgehead atoms. The van der Waals surface area contributed by atoms with E-state index < -0.39 is 0 Å². The van der Waals surface area contributed by atoms with Gasteiger partial charge in [0.05, 0.1) is 6.04 Å². The Hall–Kier alpha value is -1.23. The first kappa shape index (κ1) is 9.33. The van der Waals surface area contributed by atoms with E-state index in [0.717, 1.165) is 12.3 Å². The summed E-state index contributed by atoms with van der Waals surface area (Å²) in [6.07, 6.45) is 13.7. The topological polar surface area (TPSA) is 20.3 Å². The third kappa shape index (κ3) is 1.98. The third-order valence-electron chi connectivity index (χ3n) is 2.85. The molecule has 0 unspecified atom stereocenters. The lowest BCUT2D eigenvalue weighted by Crippen LogP contribution is -2.31. The number of hydrogen-bond donors (Lipinski definition) is 0. The SMILES string of the molecule is C#C[C@@H]1CCC(=O)N1C/C=C/C1CC1. The van der Waals surface area contributed by atoms with E-state index in [1.165, 1.54) is 12.8 Å². The lowest BCUT2D eigenvalue weighted by molar-refractivity contribution is -0.127. The third-order valence-corrected chi connectivity index (χ3v) is 2.85. The molecule has 2 heteroatoms. The van der Waals surface area contributed by atoms with Crippen LogP contribution in [-0.4, -0.2) is 23.4 Å². The molecule has 2 nitrogen and oxygen atoms in total. The highest BCUT2D eigenvalue weighted by Crippen LogP contribution is 2.30. The molecule has 1 saturated heterocycles. The maximum Gasteiger partial charge on any atom is 0.223 e. The Bertz CT molecular complexity index is 296. The van der Waals surface area contributed by atoms with Crippen LogP contribution in [0.1, 0.15) is 25.7 Å². The maximum absolute atomic E-state index is 11.4. The minimum absolute atomic E-state index is 0.0337. The molecule has 2 rings (SSSR count). The van der Waals surface area contributed by atoms with Gasteiger partial charge in [0.2, 0.25) is 5.91 Å². The van der Waals surface area contributed by atoms with E-state index in [1.54, 1.807) is 4.90 Å². The van der Waals surface area contributed by atoms with E-state index in [4.69, 9.17) is 6.42 Å². The van der Waals surface area contributed by atoms with E-state index in [9.17, 15) is 4.79 Å². The molecule has 14 heavy (non-hydrogen) atoms. The van der Waals surface area contributed by atoms with Gasteiger partial charge in [0.25, 0.3) is 0 Å². The van der Waals surface area contributed by atoms with Gasteiger partial charge in [-0.3, -0.25) is 4.79 Å². The number of amides is 1. The molecule has 0 radical (unpaired) electrons. The van der Waals surface area contributed by atoms with Crippen molar-refractivity contribution in [1.29, 1.82) is 0 Å². The van der Waals surface area contributed by atoms with Crippen molar-refractivity contribution in [3.05, 3.63) is 12.2 Å². The minimum atomic E-state index is 0.0337. The molecule has 1 heterocycles.